The van der Waals surface area contributed by atoms with Crippen molar-refractivity contribution >= 4 is 0 Å². The highest BCUT2D eigenvalue weighted by atomic mass is 16.5. The van der Waals surface area contributed by atoms with Gasteiger partial charge in [-0.3, -0.25) is 0 Å². The zero-order valence-corrected chi connectivity index (χ0v) is 15.3. The Bertz CT molecular complexity index is 1040. The van der Waals surface area contributed by atoms with Crippen molar-refractivity contribution in [3.05, 3.63) is 84.9 Å². The van der Waals surface area contributed by atoms with Gasteiger partial charge in [0.15, 0.2) is 0 Å². The van der Waals surface area contributed by atoms with Crippen LogP contribution in [0.3, 0.4) is 0 Å². The van der Waals surface area contributed by atoms with Crippen LogP contribution in [0.5, 0.6) is 11.5 Å². The number of nitrogens with zero attached hydrogens (tertiary/aromatic N) is 2. The van der Waals surface area contributed by atoms with Crippen LogP contribution in [-0.2, 0) is 0 Å². The fraction of sp³-hybridized carbons (Fsp3) is 0.0870. The summed E-state index contributed by atoms with van der Waals surface area (Å²) in [5.41, 5.74) is 4.82. The Morgan fingerprint density at radius 3 is 2.11 bits per heavy atom. The van der Waals surface area contributed by atoms with Gasteiger partial charge in [0, 0.05) is 11.1 Å². The highest BCUT2D eigenvalue weighted by Crippen LogP contribution is 2.36. The van der Waals surface area contributed by atoms with Crippen LogP contribution >= 0.6 is 0 Å². The van der Waals surface area contributed by atoms with Gasteiger partial charge in [-0.25, -0.2) is 4.68 Å². The summed E-state index contributed by atoms with van der Waals surface area (Å²) in [6.45, 7) is 0. The Kier molecular flexibility index (Phi) is 4.62. The molecule has 4 rings (SSSR count). The largest absolute Gasteiger partial charge is 0.497 e. The summed E-state index contributed by atoms with van der Waals surface area (Å²) in [5, 5.41) is 4.88. The second kappa shape index (κ2) is 7.38. The van der Waals surface area contributed by atoms with E-state index in [1.165, 1.54) is 0 Å². The summed E-state index contributed by atoms with van der Waals surface area (Å²) in [5.74, 6) is 1.54. The average molecular weight is 356 g/mol. The molecule has 1 aromatic heterocycles. The first-order chi connectivity index (χ1) is 13.3. The summed E-state index contributed by atoms with van der Waals surface area (Å²) in [6.07, 6.45) is 0. The SMILES string of the molecule is COc1ccc(OC)c(-c2cc(-c3ccccc3)nn2-c2ccccc2)c1. The molecule has 4 nitrogen and oxygen atoms in total. The van der Waals surface area contributed by atoms with Gasteiger partial charge < -0.3 is 9.47 Å². The quantitative estimate of drug-likeness (QED) is 0.492. The minimum absolute atomic E-state index is 0.771. The third-order valence-corrected chi connectivity index (χ3v) is 4.46. The number of methoxy groups -OCH3 is 2. The molecule has 0 saturated carbocycles. The number of benzene rings is 3. The maximum Gasteiger partial charge on any atom is 0.128 e. The third kappa shape index (κ3) is 3.29. The van der Waals surface area contributed by atoms with Crippen molar-refractivity contribution < 1.29 is 9.47 Å². The monoisotopic (exact) mass is 356 g/mol. The van der Waals surface area contributed by atoms with E-state index in [9.17, 15) is 0 Å². The Labute approximate surface area is 158 Å². The fourth-order valence-electron chi connectivity index (χ4n) is 3.10. The van der Waals surface area contributed by atoms with Crippen LogP contribution in [0.4, 0.5) is 0 Å². The fourth-order valence-corrected chi connectivity index (χ4v) is 3.10. The number of aromatic nitrogens is 2. The number of hydrogen-bond acceptors (Lipinski definition) is 3. The van der Waals surface area contributed by atoms with E-state index in [1.54, 1.807) is 14.2 Å². The Morgan fingerprint density at radius 2 is 1.44 bits per heavy atom. The topological polar surface area (TPSA) is 36.3 Å². The highest BCUT2D eigenvalue weighted by Gasteiger charge is 2.17. The van der Waals surface area contributed by atoms with E-state index in [-0.39, 0.29) is 0 Å². The van der Waals surface area contributed by atoms with Gasteiger partial charge in [0.1, 0.15) is 11.5 Å². The lowest BCUT2D eigenvalue weighted by Crippen LogP contribution is -2.00. The lowest BCUT2D eigenvalue weighted by atomic mass is 10.1. The molecule has 0 fully saturated rings. The second-order valence-corrected chi connectivity index (χ2v) is 6.09. The lowest BCUT2D eigenvalue weighted by molar-refractivity contribution is 0.404. The van der Waals surface area contributed by atoms with Crippen LogP contribution in [0.15, 0.2) is 84.9 Å². The molecule has 0 aliphatic carbocycles. The molecule has 3 aromatic carbocycles. The van der Waals surface area contributed by atoms with Crippen LogP contribution in [-0.4, -0.2) is 24.0 Å². The van der Waals surface area contributed by atoms with Gasteiger partial charge in [-0.1, -0.05) is 48.5 Å². The van der Waals surface area contributed by atoms with Crippen molar-refractivity contribution in [3.8, 4) is 39.7 Å². The minimum Gasteiger partial charge on any atom is -0.497 e. The van der Waals surface area contributed by atoms with E-state index in [2.05, 4.69) is 18.2 Å². The molecular formula is C23H20N2O2. The molecule has 4 heteroatoms. The Hall–Kier alpha value is -3.53. The van der Waals surface area contributed by atoms with Crippen molar-refractivity contribution in [3.63, 3.8) is 0 Å². The molecular weight excluding hydrogens is 336 g/mol. The van der Waals surface area contributed by atoms with E-state index in [0.29, 0.717) is 0 Å². The van der Waals surface area contributed by atoms with Gasteiger partial charge in [0.25, 0.3) is 0 Å². The first-order valence-corrected chi connectivity index (χ1v) is 8.73. The zero-order chi connectivity index (χ0) is 18.6. The Balaban J connectivity index is 1.96. The van der Waals surface area contributed by atoms with Gasteiger partial charge >= 0.3 is 0 Å². The zero-order valence-electron chi connectivity index (χ0n) is 15.3. The van der Waals surface area contributed by atoms with Crippen molar-refractivity contribution in [2.45, 2.75) is 0 Å². The maximum absolute atomic E-state index is 5.61. The summed E-state index contributed by atoms with van der Waals surface area (Å²) >= 11 is 0. The van der Waals surface area contributed by atoms with E-state index in [0.717, 1.165) is 39.7 Å². The summed E-state index contributed by atoms with van der Waals surface area (Å²) in [7, 11) is 3.34. The van der Waals surface area contributed by atoms with Crippen molar-refractivity contribution in [2.75, 3.05) is 14.2 Å². The summed E-state index contributed by atoms with van der Waals surface area (Å²) in [6, 6.07) is 28.1. The summed E-state index contributed by atoms with van der Waals surface area (Å²) in [4.78, 5) is 0. The molecule has 0 radical (unpaired) electrons. The number of rotatable bonds is 5. The molecule has 0 amide bonds. The van der Waals surface area contributed by atoms with Gasteiger partial charge in [0.05, 0.1) is 31.3 Å². The molecule has 0 N–H and O–H groups in total. The van der Waals surface area contributed by atoms with Gasteiger partial charge in [-0.15, -0.1) is 0 Å². The van der Waals surface area contributed by atoms with Crippen LogP contribution < -0.4 is 9.47 Å². The number of ether oxygens (including phenoxy) is 2. The van der Waals surface area contributed by atoms with Crippen LogP contribution in [0.2, 0.25) is 0 Å². The average Bonchev–Trinajstić information content (AvgIpc) is 3.20. The van der Waals surface area contributed by atoms with Gasteiger partial charge in [0.2, 0.25) is 0 Å². The van der Waals surface area contributed by atoms with E-state index in [4.69, 9.17) is 14.6 Å². The highest BCUT2D eigenvalue weighted by molar-refractivity contribution is 5.75. The standard InChI is InChI=1S/C23H20N2O2/c1-26-19-13-14-23(27-2)20(15-19)22-16-21(17-9-5-3-6-10-17)24-25(22)18-11-7-4-8-12-18/h3-16H,1-2H3. The first kappa shape index (κ1) is 16.9. The molecule has 0 spiro atoms. The van der Waals surface area contributed by atoms with Crippen LogP contribution in [0, 0.1) is 0 Å². The smallest absolute Gasteiger partial charge is 0.128 e. The molecule has 0 aliphatic heterocycles. The lowest BCUT2D eigenvalue weighted by Gasteiger charge is -2.12. The van der Waals surface area contributed by atoms with Crippen LogP contribution in [0.25, 0.3) is 28.2 Å². The molecule has 4 aromatic rings. The van der Waals surface area contributed by atoms with Crippen molar-refractivity contribution in [2.24, 2.45) is 0 Å². The number of para-hydroxylation sites is 1. The molecule has 0 aliphatic rings. The Morgan fingerprint density at radius 1 is 0.741 bits per heavy atom. The normalized spacial score (nSPS) is 10.6. The molecule has 27 heavy (non-hydrogen) atoms. The second-order valence-electron chi connectivity index (χ2n) is 6.09. The molecule has 0 saturated heterocycles. The van der Waals surface area contributed by atoms with Crippen molar-refractivity contribution in [1.29, 1.82) is 0 Å². The van der Waals surface area contributed by atoms with Gasteiger partial charge in [-0.05, 0) is 36.4 Å². The number of hydrogen-bond donors (Lipinski definition) is 0. The van der Waals surface area contributed by atoms with Gasteiger partial charge in [-0.2, -0.15) is 5.10 Å². The molecule has 1 heterocycles. The molecule has 0 unspecified atom stereocenters. The first-order valence-electron chi connectivity index (χ1n) is 8.73. The molecule has 0 bridgehead atoms. The van der Waals surface area contributed by atoms with E-state index < -0.39 is 0 Å². The predicted octanol–water partition coefficient (Wildman–Crippen LogP) is 5.22. The minimum atomic E-state index is 0.771. The van der Waals surface area contributed by atoms with E-state index in [1.807, 2.05) is 71.4 Å². The summed E-state index contributed by atoms with van der Waals surface area (Å²) < 4.78 is 13.0. The van der Waals surface area contributed by atoms with Crippen molar-refractivity contribution in [1.82, 2.24) is 9.78 Å². The van der Waals surface area contributed by atoms with Crippen LogP contribution in [0.1, 0.15) is 0 Å². The van der Waals surface area contributed by atoms with E-state index >= 15 is 0 Å². The molecule has 0 atom stereocenters. The predicted molar refractivity (Wildman–Crippen MR) is 108 cm³/mol. The maximum atomic E-state index is 5.61. The molecule has 134 valence electrons. The third-order valence-electron chi connectivity index (χ3n) is 4.46.